The van der Waals surface area contributed by atoms with Crippen molar-refractivity contribution in [3.05, 3.63) is 43.7 Å². The third-order valence-electron chi connectivity index (χ3n) is 2.32. The number of aromatic nitrogens is 1. The molecule has 0 aliphatic heterocycles. The van der Waals surface area contributed by atoms with E-state index in [0.29, 0.717) is 16.7 Å². The predicted molar refractivity (Wildman–Crippen MR) is 62.8 cm³/mol. The van der Waals surface area contributed by atoms with Crippen LogP contribution >= 0.6 is 11.6 Å². The van der Waals surface area contributed by atoms with Crippen molar-refractivity contribution in [1.82, 2.24) is 4.98 Å². The van der Waals surface area contributed by atoms with Crippen LogP contribution in [-0.4, -0.2) is 17.0 Å². The van der Waals surface area contributed by atoms with Crippen LogP contribution in [0.5, 0.6) is 5.75 Å². The molecule has 0 bridgehead atoms. The minimum Gasteiger partial charge on any atom is -0.497 e. The van der Waals surface area contributed by atoms with Gasteiger partial charge < -0.3 is 9.72 Å². The largest absolute Gasteiger partial charge is 0.497 e. The molecule has 0 unspecified atom stereocenters. The van der Waals surface area contributed by atoms with Gasteiger partial charge in [0.15, 0.2) is 0 Å². The molecule has 0 spiro atoms. The normalized spacial score (nSPS) is 10.5. The Hall–Kier alpha value is -2.08. The van der Waals surface area contributed by atoms with Gasteiger partial charge in [-0.25, -0.2) is 0 Å². The maximum Gasteiger partial charge on any atom is 0.352 e. The van der Waals surface area contributed by atoms with Gasteiger partial charge in [0, 0.05) is 5.39 Å². The highest BCUT2D eigenvalue weighted by Gasteiger charge is 2.21. The molecule has 1 N–H and O–H groups in total. The van der Waals surface area contributed by atoms with Crippen LogP contribution < -0.4 is 10.3 Å². The van der Waals surface area contributed by atoms with Crippen LogP contribution in [0.4, 0.5) is 5.69 Å². The number of pyridine rings is 1. The molecule has 6 nitrogen and oxygen atoms in total. The number of aromatic amines is 1. The lowest BCUT2D eigenvalue weighted by Gasteiger charge is -2.04. The molecule has 0 amide bonds. The number of fused-ring (bicyclic) bond motifs is 1. The number of nitrogens with zero attached hydrogens (tertiary/aromatic N) is 1. The lowest BCUT2D eigenvalue weighted by Crippen LogP contribution is -2.12. The standard InChI is InChI=1S/C10H7ClN2O4/c1-17-5-2-3-7-6(4-5)8(11)9(13(15)16)10(14)12-7/h2-4H,1H3,(H,12,14). The summed E-state index contributed by atoms with van der Waals surface area (Å²) >= 11 is 5.85. The number of H-pyrrole nitrogens is 1. The number of benzene rings is 1. The smallest absolute Gasteiger partial charge is 0.352 e. The fourth-order valence-corrected chi connectivity index (χ4v) is 1.82. The molecule has 1 aromatic heterocycles. The summed E-state index contributed by atoms with van der Waals surface area (Å²) in [5, 5.41) is 10.9. The van der Waals surface area contributed by atoms with Crippen molar-refractivity contribution in [2.75, 3.05) is 7.11 Å². The monoisotopic (exact) mass is 254 g/mol. The average molecular weight is 255 g/mol. The summed E-state index contributed by atoms with van der Waals surface area (Å²) in [6.07, 6.45) is 0. The molecule has 17 heavy (non-hydrogen) atoms. The molecule has 0 saturated carbocycles. The summed E-state index contributed by atoms with van der Waals surface area (Å²) < 4.78 is 4.99. The van der Waals surface area contributed by atoms with Gasteiger partial charge in [0.25, 0.3) is 0 Å². The van der Waals surface area contributed by atoms with E-state index in [-0.39, 0.29) is 5.02 Å². The van der Waals surface area contributed by atoms with Crippen LogP contribution in [0, 0.1) is 10.1 Å². The topological polar surface area (TPSA) is 85.2 Å². The van der Waals surface area contributed by atoms with Crippen molar-refractivity contribution in [1.29, 1.82) is 0 Å². The zero-order chi connectivity index (χ0) is 12.6. The van der Waals surface area contributed by atoms with Crippen molar-refractivity contribution in [2.24, 2.45) is 0 Å². The maximum atomic E-state index is 11.4. The minimum atomic E-state index is -0.822. The maximum absolute atomic E-state index is 11.4. The molecule has 0 atom stereocenters. The second kappa shape index (κ2) is 4.06. The number of hydrogen-bond acceptors (Lipinski definition) is 4. The Kier molecular flexibility index (Phi) is 2.72. The Morgan fingerprint density at radius 1 is 1.47 bits per heavy atom. The van der Waals surface area contributed by atoms with Crippen LogP contribution in [-0.2, 0) is 0 Å². The number of nitrogens with one attached hydrogen (secondary N) is 1. The Labute approximate surface area is 99.9 Å². The van der Waals surface area contributed by atoms with Crippen LogP contribution in [0.3, 0.4) is 0 Å². The van der Waals surface area contributed by atoms with Gasteiger partial charge in [-0.2, -0.15) is 0 Å². The molecule has 2 rings (SSSR count). The number of ether oxygens (including phenoxy) is 1. The van der Waals surface area contributed by atoms with Crippen molar-refractivity contribution in [2.45, 2.75) is 0 Å². The van der Waals surface area contributed by atoms with Crippen molar-refractivity contribution < 1.29 is 9.66 Å². The number of rotatable bonds is 2. The Morgan fingerprint density at radius 3 is 2.76 bits per heavy atom. The van der Waals surface area contributed by atoms with Crippen LogP contribution in [0.1, 0.15) is 0 Å². The van der Waals surface area contributed by atoms with E-state index in [1.165, 1.54) is 13.2 Å². The molecule has 0 saturated heterocycles. The number of nitro groups is 1. The lowest BCUT2D eigenvalue weighted by atomic mass is 10.2. The summed E-state index contributed by atoms with van der Waals surface area (Å²) in [7, 11) is 1.47. The SMILES string of the molecule is COc1ccc2[nH]c(=O)c([N+](=O)[O-])c(Cl)c2c1. The molecule has 1 heterocycles. The van der Waals surface area contributed by atoms with Crippen molar-refractivity contribution in [3.63, 3.8) is 0 Å². The molecule has 0 radical (unpaired) electrons. The van der Waals surface area contributed by atoms with Gasteiger partial charge in [0.05, 0.1) is 17.5 Å². The first-order valence-electron chi connectivity index (χ1n) is 4.58. The van der Waals surface area contributed by atoms with Crippen LogP contribution in [0.2, 0.25) is 5.02 Å². The molecule has 0 fully saturated rings. The van der Waals surface area contributed by atoms with Gasteiger partial charge in [0.2, 0.25) is 0 Å². The average Bonchev–Trinajstić information content (AvgIpc) is 2.28. The zero-order valence-electron chi connectivity index (χ0n) is 8.69. The molecular weight excluding hydrogens is 248 g/mol. The van der Waals surface area contributed by atoms with Crippen molar-refractivity contribution >= 4 is 28.2 Å². The number of hydrogen-bond donors (Lipinski definition) is 1. The summed E-state index contributed by atoms with van der Waals surface area (Å²) in [4.78, 5) is 23.7. The first-order chi connectivity index (χ1) is 8.04. The molecule has 1 aromatic carbocycles. The Bertz CT molecular complexity index is 665. The van der Waals surface area contributed by atoms with E-state index in [1.54, 1.807) is 12.1 Å². The number of methoxy groups -OCH3 is 1. The van der Waals surface area contributed by atoms with E-state index >= 15 is 0 Å². The van der Waals surface area contributed by atoms with Gasteiger partial charge in [-0.1, -0.05) is 11.6 Å². The highest BCUT2D eigenvalue weighted by molar-refractivity contribution is 6.37. The summed E-state index contributed by atoms with van der Waals surface area (Å²) in [5.41, 5.74) is -1.06. The third kappa shape index (κ3) is 1.83. The van der Waals surface area contributed by atoms with Gasteiger partial charge in [-0.3, -0.25) is 14.9 Å². The minimum absolute atomic E-state index is 0.187. The van der Waals surface area contributed by atoms with Crippen LogP contribution in [0.15, 0.2) is 23.0 Å². The van der Waals surface area contributed by atoms with E-state index in [9.17, 15) is 14.9 Å². The van der Waals surface area contributed by atoms with E-state index in [0.717, 1.165) is 0 Å². The first-order valence-corrected chi connectivity index (χ1v) is 4.96. The van der Waals surface area contributed by atoms with E-state index in [1.807, 2.05) is 0 Å². The highest BCUT2D eigenvalue weighted by atomic mass is 35.5. The predicted octanol–water partition coefficient (Wildman–Crippen LogP) is 2.10. The number of halogens is 1. The van der Waals surface area contributed by atoms with Gasteiger partial charge >= 0.3 is 11.2 Å². The van der Waals surface area contributed by atoms with Crippen LogP contribution in [0.25, 0.3) is 10.9 Å². The van der Waals surface area contributed by atoms with Crippen molar-refractivity contribution in [3.8, 4) is 5.75 Å². The zero-order valence-corrected chi connectivity index (χ0v) is 9.45. The first kappa shape index (κ1) is 11.4. The fraction of sp³-hybridized carbons (Fsp3) is 0.100. The molecule has 2 aromatic rings. The second-order valence-corrected chi connectivity index (χ2v) is 3.66. The summed E-state index contributed by atoms with van der Waals surface area (Å²) in [6.45, 7) is 0. The Balaban J connectivity index is 2.88. The second-order valence-electron chi connectivity index (χ2n) is 3.29. The lowest BCUT2D eigenvalue weighted by molar-refractivity contribution is -0.386. The quantitative estimate of drug-likeness (QED) is 0.657. The van der Waals surface area contributed by atoms with Gasteiger partial charge in [-0.15, -0.1) is 0 Å². The summed E-state index contributed by atoms with van der Waals surface area (Å²) in [6, 6.07) is 4.73. The molecule has 7 heteroatoms. The van der Waals surface area contributed by atoms with E-state index in [4.69, 9.17) is 16.3 Å². The highest BCUT2D eigenvalue weighted by Crippen LogP contribution is 2.30. The third-order valence-corrected chi connectivity index (χ3v) is 2.70. The Morgan fingerprint density at radius 2 is 2.18 bits per heavy atom. The fourth-order valence-electron chi connectivity index (χ4n) is 1.51. The molecule has 88 valence electrons. The van der Waals surface area contributed by atoms with Gasteiger partial charge in [-0.05, 0) is 18.2 Å². The van der Waals surface area contributed by atoms with Gasteiger partial charge in [0.1, 0.15) is 10.8 Å². The van der Waals surface area contributed by atoms with E-state index in [2.05, 4.69) is 4.98 Å². The van der Waals surface area contributed by atoms with E-state index < -0.39 is 16.2 Å². The summed E-state index contributed by atoms with van der Waals surface area (Å²) in [5.74, 6) is 0.501. The molecule has 0 aliphatic rings. The molecule has 0 aliphatic carbocycles. The molecular formula is C10H7ClN2O4.